The van der Waals surface area contributed by atoms with Crippen LogP contribution in [-0.2, 0) is 24.3 Å². The van der Waals surface area contributed by atoms with Crippen molar-refractivity contribution in [1.82, 2.24) is 24.4 Å². The van der Waals surface area contributed by atoms with Crippen molar-refractivity contribution in [2.75, 3.05) is 12.3 Å². The van der Waals surface area contributed by atoms with Crippen LogP contribution in [0, 0.1) is 0 Å². The first-order valence-electron chi connectivity index (χ1n) is 8.17. The fraction of sp³-hybridized carbons (Fsp3) is 0.562. The number of hydrogen-bond donors (Lipinski definition) is 1. The summed E-state index contributed by atoms with van der Waals surface area (Å²) in [5.41, 5.74) is -1.64. The maximum absolute atomic E-state index is 12.6. The van der Waals surface area contributed by atoms with Crippen LogP contribution >= 0.6 is 11.8 Å². The van der Waals surface area contributed by atoms with Crippen molar-refractivity contribution in [2.24, 2.45) is 14.1 Å². The van der Waals surface area contributed by atoms with Crippen LogP contribution in [0.1, 0.15) is 26.6 Å². The minimum Gasteiger partial charge on any atom is -0.346 e. The first-order valence-corrected chi connectivity index (χ1v) is 9.15. The molecule has 1 N–H and O–H groups in total. The van der Waals surface area contributed by atoms with Crippen LogP contribution in [-0.4, -0.2) is 43.5 Å². The van der Waals surface area contributed by atoms with Crippen LogP contribution in [0.3, 0.4) is 0 Å². The quantitative estimate of drug-likeness (QED) is 0.589. The zero-order valence-electron chi connectivity index (χ0n) is 16.0. The fourth-order valence-corrected chi connectivity index (χ4v) is 3.10. The Hall–Kier alpha value is -2.37. The third-order valence-electron chi connectivity index (χ3n) is 3.76. The van der Waals surface area contributed by atoms with E-state index in [2.05, 4.69) is 9.97 Å². The smallest absolute Gasteiger partial charge is 0.346 e. The summed E-state index contributed by atoms with van der Waals surface area (Å²) in [5, 5.41) is 1.93. The van der Waals surface area contributed by atoms with Crippen LogP contribution in [0.5, 0.6) is 0 Å². The number of rotatable bonds is 4. The third-order valence-corrected chi connectivity index (χ3v) is 4.74. The van der Waals surface area contributed by atoms with Crippen LogP contribution in [0.15, 0.2) is 14.6 Å². The molecule has 0 atom stereocenters. The van der Waals surface area contributed by atoms with Gasteiger partial charge in [0.2, 0.25) is 5.91 Å². The molecule has 0 bridgehead atoms. The second-order valence-corrected chi connectivity index (χ2v) is 8.15. The second kappa shape index (κ2) is 7.57. The van der Waals surface area contributed by atoms with E-state index in [9.17, 15) is 27.6 Å². The molecule has 0 aliphatic carbocycles. The van der Waals surface area contributed by atoms with Gasteiger partial charge in [0.05, 0.1) is 5.75 Å². The number of carbonyl (C=O) groups excluding carboxylic acids is 1. The van der Waals surface area contributed by atoms with Gasteiger partial charge < -0.3 is 5.32 Å². The van der Waals surface area contributed by atoms with Gasteiger partial charge in [0.1, 0.15) is 22.8 Å². The van der Waals surface area contributed by atoms with Gasteiger partial charge >= 0.3 is 11.9 Å². The molecule has 12 heteroatoms. The molecule has 0 fully saturated rings. The Labute approximate surface area is 162 Å². The van der Waals surface area contributed by atoms with Gasteiger partial charge in [-0.05, 0) is 0 Å². The molecule has 0 aromatic carbocycles. The summed E-state index contributed by atoms with van der Waals surface area (Å²) >= 11 is 0.817. The normalized spacial score (nSPS) is 12.4. The number of halogens is 3. The topological polar surface area (TPSA) is 98.9 Å². The zero-order chi connectivity index (χ0) is 21.4. The number of hydrogen-bond acceptors (Lipinski definition) is 6. The number of thioether (sulfide) groups is 1. The van der Waals surface area contributed by atoms with Crippen molar-refractivity contribution in [2.45, 2.75) is 37.4 Å². The first-order chi connectivity index (χ1) is 12.7. The number of alkyl halides is 3. The summed E-state index contributed by atoms with van der Waals surface area (Å²) in [6.07, 6.45) is -4.52. The van der Waals surface area contributed by atoms with Crippen molar-refractivity contribution in [3.63, 3.8) is 0 Å². The summed E-state index contributed by atoms with van der Waals surface area (Å²) in [6.45, 7) is 4.05. The van der Waals surface area contributed by atoms with Gasteiger partial charge in [-0.25, -0.2) is 14.8 Å². The minimum atomic E-state index is -4.52. The second-order valence-electron chi connectivity index (χ2n) is 7.19. The lowest BCUT2D eigenvalue weighted by molar-refractivity contribution is -0.136. The molecule has 0 spiro atoms. The largest absolute Gasteiger partial charge is 0.405 e. The van der Waals surface area contributed by atoms with Gasteiger partial charge in [-0.15, -0.1) is 0 Å². The molecule has 2 aromatic rings. The van der Waals surface area contributed by atoms with E-state index in [-0.39, 0.29) is 21.8 Å². The Balaban J connectivity index is 2.53. The number of amides is 1. The van der Waals surface area contributed by atoms with Gasteiger partial charge in [0, 0.05) is 19.5 Å². The number of fused-ring (bicyclic) bond motifs is 1. The number of aryl methyl sites for hydroxylation is 1. The Bertz CT molecular complexity index is 1040. The molecule has 0 aliphatic rings. The van der Waals surface area contributed by atoms with E-state index in [0.717, 1.165) is 16.3 Å². The Morgan fingerprint density at radius 3 is 2.25 bits per heavy atom. The first kappa shape index (κ1) is 21.9. The maximum Gasteiger partial charge on any atom is 0.405 e. The molecule has 0 radical (unpaired) electrons. The van der Waals surface area contributed by atoms with Gasteiger partial charge in [0.15, 0.2) is 5.65 Å². The number of nitrogens with one attached hydrogen (secondary N) is 1. The lowest BCUT2D eigenvalue weighted by atomic mass is 9.96. The summed E-state index contributed by atoms with van der Waals surface area (Å²) in [6, 6.07) is 0. The molecule has 154 valence electrons. The van der Waals surface area contributed by atoms with E-state index in [1.807, 2.05) is 20.8 Å². The highest BCUT2D eigenvalue weighted by molar-refractivity contribution is 8.00. The number of nitrogens with zero attached hydrogens (tertiary/aromatic N) is 4. The lowest BCUT2D eigenvalue weighted by Gasteiger charge is -2.19. The Morgan fingerprint density at radius 1 is 1.11 bits per heavy atom. The maximum atomic E-state index is 12.6. The van der Waals surface area contributed by atoms with Crippen LogP contribution in [0.2, 0.25) is 0 Å². The molecule has 0 aliphatic heterocycles. The monoisotopic (exact) mass is 419 g/mol. The average molecular weight is 419 g/mol. The predicted octanol–water partition coefficient (Wildman–Crippen LogP) is 1.10. The fourth-order valence-electron chi connectivity index (χ4n) is 2.25. The van der Waals surface area contributed by atoms with Crippen LogP contribution < -0.4 is 16.6 Å². The van der Waals surface area contributed by atoms with E-state index >= 15 is 0 Å². The van der Waals surface area contributed by atoms with E-state index in [1.54, 1.807) is 5.32 Å². The third kappa shape index (κ3) is 4.72. The summed E-state index contributed by atoms with van der Waals surface area (Å²) in [4.78, 5) is 45.2. The van der Waals surface area contributed by atoms with Crippen molar-refractivity contribution >= 4 is 28.7 Å². The lowest BCUT2D eigenvalue weighted by Crippen LogP contribution is -2.38. The van der Waals surface area contributed by atoms with Gasteiger partial charge in [0.25, 0.3) is 5.56 Å². The van der Waals surface area contributed by atoms with E-state index in [1.165, 1.54) is 18.7 Å². The molecule has 2 heterocycles. The highest BCUT2D eigenvalue weighted by Crippen LogP contribution is 2.26. The zero-order valence-corrected chi connectivity index (χ0v) is 16.8. The molecule has 0 saturated heterocycles. The van der Waals surface area contributed by atoms with Gasteiger partial charge in [-0.1, -0.05) is 32.5 Å². The van der Waals surface area contributed by atoms with Crippen molar-refractivity contribution in [3.8, 4) is 0 Å². The highest BCUT2D eigenvalue weighted by Gasteiger charge is 2.28. The Kier molecular flexibility index (Phi) is 5.93. The minimum absolute atomic E-state index is 0.0335. The predicted molar refractivity (Wildman–Crippen MR) is 98.5 cm³/mol. The van der Waals surface area contributed by atoms with Gasteiger partial charge in [-0.2, -0.15) is 13.2 Å². The molecule has 2 aromatic heterocycles. The van der Waals surface area contributed by atoms with Crippen molar-refractivity contribution in [3.05, 3.63) is 26.7 Å². The molecule has 2 rings (SSSR count). The Morgan fingerprint density at radius 2 is 1.71 bits per heavy atom. The SMILES string of the molecule is Cn1c(=O)c2c(SCC(=O)NCC(F)(F)F)nc(C(C)(C)C)nc2n(C)c1=O. The van der Waals surface area contributed by atoms with Gasteiger partial charge in [-0.3, -0.25) is 18.7 Å². The molecular formula is C16H20F3N5O3S. The molecule has 1 amide bonds. The standard InChI is InChI=1S/C16H20F3N5O3S/c1-15(2,3)13-21-10-9(12(26)24(5)14(27)23(10)4)11(22-13)28-6-8(25)20-7-16(17,18)19/h6-7H2,1-5H3,(H,20,25). The molecule has 8 nitrogen and oxygen atoms in total. The highest BCUT2D eigenvalue weighted by atomic mass is 32.2. The number of aromatic nitrogens is 4. The van der Waals surface area contributed by atoms with E-state index < -0.39 is 35.3 Å². The van der Waals surface area contributed by atoms with E-state index in [4.69, 9.17) is 0 Å². The summed E-state index contributed by atoms with van der Waals surface area (Å²) < 4.78 is 38.8. The average Bonchev–Trinajstić information content (AvgIpc) is 2.58. The van der Waals surface area contributed by atoms with Crippen LogP contribution in [0.25, 0.3) is 11.0 Å². The van der Waals surface area contributed by atoms with E-state index in [0.29, 0.717) is 5.82 Å². The summed E-state index contributed by atoms with van der Waals surface area (Å²) in [7, 11) is 2.75. The van der Waals surface area contributed by atoms with Crippen molar-refractivity contribution in [1.29, 1.82) is 0 Å². The molecule has 28 heavy (non-hydrogen) atoms. The number of carbonyl (C=O) groups is 1. The van der Waals surface area contributed by atoms with Crippen LogP contribution in [0.4, 0.5) is 13.2 Å². The summed E-state index contributed by atoms with van der Waals surface area (Å²) in [5.74, 6) is -0.896. The molecule has 0 saturated carbocycles. The van der Waals surface area contributed by atoms with Crippen molar-refractivity contribution < 1.29 is 18.0 Å². The molecular weight excluding hydrogens is 399 g/mol. The molecule has 0 unspecified atom stereocenters.